The Morgan fingerprint density at radius 2 is 1.96 bits per heavy atom. The first-order valence-corrected chi connectivity index (χ1v) is 7.09. The normalized spacial score (nSPS) is 11.6. The fraction of sp³-hybridized carbons (Fsp3) is 0.176. The highest BCUT2D eigenvalue weighted by atomic mass is 19.1. The standard InChI is InChI=1S/C17H16F2N2O3/c1-24-12-4-2-3-10(7-12)8-15(16(20)22)21-17(23)13-6-5-11(18)9-14(13)19/h2-7,9,15H,8H2,1H3,(H2,20,22)(H,21,23)/t15-/m1/s1. The largest absolute Gasteiger partial charge is 0.497 e. The first kappa shape index (κ1) is 17.4. The van der Waals surface area contributed by atoms with Crippen molar-refractivity contribution in [1.29, 1.82) is 0 Å². The SMILES string of the molecule is COc1cccc(C[C@@H](NC(=O)c2ccc(F)cc2F)C(N)=O)c1. The fourth-order valence-electron chi connectivity index (χ4n) is 2.17. The van der Waals surface area contributed by atoms with Crippen molar-refractivity contribution in [3.8, 4) is 5.75 Å². The molecule has 7 heteroatoms. The molecule has 0 fully saturated rings. The van der Waals surface area contributed by atoms with Gasteiger partial charge in [-0.2, -0.15) is 0 Å². The Labute approximate surface area is 137 Å². The maximum atomic E-state index is 13.6. The molecule has 0 saturated carbocycles. The van der Waals surface area contributed by atoms with Gasteiger partial charge in [0.1, 0.15) is 23.4 Å². The zero-order valence-electron chi connectivity index (χ0n) is 12.9. The molecule has 0 spiro atoms. The lowest BCUT2D eigenvalue weighted by Gasteiger charge is -2.16. The summed E-state index contributed by atoms with van der Waals surface area (Å²) in [6.45, 7) is 0. The van der Waals surface area contributed by atoms with E-state index < -0.39 is 29.5 Å². The lowest BCUT2D eigenvalue weighted by molar-refractivity contribution is -0.119. The summed E-state index contributed by atoms with van der Waals surface area (Å²) in [6.07, 6.45) is 0.112. The summed E-state index contributed by atoms with van der Waals surface area (Å²) < 4.78 is 31.6. The fourth-order valence-corrected chi connectivity index (χ4v) is 2.17. The minimum Gasteiger partial charge on any atom is -0.497 e. The van der Waals surface area contributed by atoms with Crippen molar-refractivity contribution < 1.29 is 23.1 Å². The van der Waals surface area contributed by atoms with Crippen molar-refractivity contribution in [1.82, 2.24) is 5.32 Å². The van der Waals surface area contributed by atoms with E-state index in [9.17, 15) is 18.4 Å². The van der Waals surface area contributed by atoms with Crippen LogP contribution in [0.2, 0.25) is 0 Å². The predicted molar refractivity (Wildman–Crippen MR) is 83.5 cm³/mol. The molecule has 0 aliphatic heterocycles. The van der Waals surface area contributed by atoms with E-state index in [4.69, 9.17) is 10.5 Å². The quantitative estimate of drug-likeness (QED) is 0.845. The minimum atomic E-state index is -1.05. The van der Waals surface area contributed by atoms with Gasteiger partial charge in [0.05, 0.1) is 12.7 Å². The average molecular weight is 334 g/mol. The van der Waals surface area contributed by atoms with Crippen molar-refractivity contribution in [2.45, 2.75) is 12.5 Å². The number of hydrogen-bond donors (Lipinski definition) is 2. The molecule has 126 valence electrons. The van der Waals surface area contributed by atoms with Gasteiger partial charge < -0.3 is 15.8 Å². The van der Waals surface area contributed by atoms with Crippen LogP contribution in [-0.4, -0.2) is 25.0 Å². The van der Waals surface area contributed by atoms with Crippen LogP contribution in [0.3, 0.4) is 0 Å². The molecule has 0 bridgehead atoms. The van der Waals surface area contributed by atoms with Crippen LogP contribution in [0.5, 0.6) is 5.75 Å². The molecule has 0 heterocycles. The third-order valence-corrected chi connectivity index (χ3v) is 3.40. The van der Waals surface area contributed by atoms with Crippen molar-refractivity contribution >= 4 is 11.8 Å². The third-order valence-electron chi connectivity index (χ3n) is 3.40. The Kier molecular flexibility index (Phi) is 5.47. The number of nitrogens with two attached hydrogens (primary N) is 1. The topological polar surface area (TPSA) is 81.4 Å². The van der Waals surface area contributed by atoms with Gasteiger partial charge in [-0.3, -0.25) is 9.59 Å². The molecule has 24 heavy (non-hydrogen) atoms. The molecule has 3 N–H and O–H groups in total. The van der Waals surface area contributed by atoms with Gasteiger partial charge in [0.2, 0.25) is 5.91 Å². The second-order valence-electron chi connectivity index (χ2n) is 5.11. The number of ether oxygens (including phenoxy) is 1. The number of carbonyl (C=O) groups is 2. The molecule has 0 unspecified atom stereocenters. The van der Waals surface area contributed by atoms with Crippen molar-refractivity contribution in [3.63, 3.8) is 0 Å². The molecular formula is C17H16F2N2O3. The zero-order valence-corrected chi connectivity index (χ0v) is 12.9. The van der Waals surface area contributed by atoms with Crippen LogP contribution >= 0.6 is 0 Å². The summed E-state index contributed by atoms with van der Waals surface area (Å²) in [5.41, 5.74) is 5.64. The number of methoxy groups -OCH3 is 1. The second kappa shape index (κ2) is 7.54. The van der Waals surface area contributed by atoms with Gasteiger partial charge in [0.15, 0.2) is 0 Å². The lowest BCUT2D eigenvalue weighted by atomic mass is 10.0. The van der Waals surface area contributed by atoms with Crippen molar-refractivity contribution in [3.05, 3.63) is 65.2 Å². The van der Waals surface area contributed by atoms with Gasteiger partial charge in [-0.05, 0) is 29.8 Å². The van der Waals surface area contributed by atoms with Crippen molar-refractivity contribution in [2.24, 2.45) is 5.73 Å². The highest BCUT2D eigenvalue weighted by molar-refractivity contribution is 5.97. The number of halogens is 2. The number of carbonyl (C=O) groups excluding carboxylic acids is 2. The van der Waals surface area contributed by atoms with E-state index in [0.717, 1.165) is 12.1 Å². The average Bonchev–Trinajstić information content (AvgIpc) is 2.54. The van der Waals surface area contributed by atoms with E-state index in [1.165, 1.54) is 7.11 Å². The molecule has 0 aliphatic rings. The van der Waals surface area contributed by atoms with Crippen LogP contribution in [0.15, 0.2) is 42.5 Å². The van der Waals surface area contributed by atoms with Crippen LogP contribution in [0, 0.1) is 11.6 Å². The number of primary amides is 1. The van der Waals surface area contributed by atoms with Crippen LogP contribution in [-0.2, 0) is 11.2 Å². The Morgan fingerprint density at radius 3 is 2.58 bits per heavy atom. The van der Waals surface area contributed by atoms with E-state index in [-0.39, 0.29) is 12.0 Å². The van der Waals surface area contributed by atoms with E-state index in [2.05, 4.69) is 5.32 Å². The molecule has 2 amide bonds. The number of rotatable bonds is 6. The number of nitrogens with one attached hydrogen (secondary N) is 1. The van der Waals surface area contributed by atoms with Gasteiger partial charge in [-0.15, -0.1) is 0 Å². The molecular weight excluding hydrogens is 318 g/mol. The van der Waals surface area contributed by atoms with Crippen LogP contribution in [0.1, 0.15) is 15.9 Å². The predicted octanol–water partition coefficient (Wildman–Crippen LogP) is 1.80. The van der Waals surface area contributed by atoms with Crippen molar-refractivity contribution in [2.75, 3.05) is 7.11 Å². The van der Waals surface area contributed by atoms with Gasteiger partial charge in [0, 0.05) is 12.5 Å². The lowest BCUT2D eigenvalue weighted by Crippen LogP contribution is -2.46. The highest BCUT2D eigenvalue weighted by Gasteiger charge is 2.21. The minimum absolute atomic E-state index is 0.112. The first-order chi connectivity index (χ1) is 11.4. The molecule has 2 aromatic rings. The Balaban J connectivity index is 2.16. The maximum Gasteiger partial charge on any atom is 0.254 e. The molecule has 1 atom stereocenters. The number of hydrogen-bond acceptors (Lipinski definition) is 3. The van der Waals surface area contributed by atoms with Crippen LogP contribution in [0.4, 0.5) is 8.78 Å². The van der Waals surface area contributed by atoms with Gasteiger partial charge in [-0.1, -0.05) is 12.1 Å². The summed E-state index contributed by atoms with van der Waals surface area (Å²) in [4.78, 5) is 23.7. The monoisotopic (exact) mass is 334 g/mol. The van der Waals surface area contributed by atoms with Crippen LogP contribution < -0.4 is 15.8 Å². The van der Waals surface area contributed by atoms with E-state index in [1.54, 1.807) is 24.3 Å². The smallest absolute Gasteiger partial charge is 0.254 e. The molecule has 0 aromatic heterocycles. The summed E-state index contributed by atoms with van der Waals surface area (Å²) in [5, 5.41) is 2.36. The Bertz CT molecular complexity index is 765. The van der Waals surface area contributed by atoms with E-state index >= 15 is 0 Å². The molecule has 2 aromatic carbocycles. The summed E-state index contributed by atoms with van der Waals surface area (Å²) >= 11 is 0. The molecule has 0 radical (unpaired) electrons. The first-order valence-electron chi connectivity index (χ1n) is 7.09. The molecule has 2 rings (SSSR count). The zero-order chi connectivity index (χ0) is 17.7. The Morgan fingerprint density at radius 1 is 1.21 bits per heavy atom. The van der Waals surface area contributed by atoms with Crippen LogP contribution in [0.25, 0.3) is 0 Å². The van der Waals surface area contributed by atoms with Gasteiger partial charge >= 0.3 is 0 Å². The summed E-state index contributed by atoms with van der Waals surface area (Å²) in [7, 11) is 1.50. The second-order valence-corrected chi connectivity index (χ2v) is 5.11. The Hall–Kier alpha value is -2.96. The van der Waals surface area contributed by atoms with E-state index in [1.807, 2.05) is 0 Å². The summed E-state index contributed by atoms with van der Waals surface area (Å²) in [6, 6.07) is 8.40. The van der Waals surface area contributed by atoms with Gasteiger partial charge in [-0.25, -0.2) is 8.78 Å². The molecule has 5 nitrogen and oxygen atoms in total. The third kappa shape index (κ3) is 4.28. The van der Waals surface area contributed by atoms with Gasteiger partial charge in [0.25, 0.3) is 5.91 Å². The molecule has 0 saturated heterocycles. The number of amides is 2. The van der Waals surface area contributed by atoms with E-state index in [0.29, 0.717) is 17.4 Å². The molecule has 0 aliphatic carbocycles. The number of benzene rings is 2. The maximum absolute atomic E-state index is 13.6. The summed E-state index contributed by atoms with van der Waals surface area (Å²) in [5.74, 6) is -2.84. The highest BCUT2D eigenvalue weighted by Crippen LogP contribution is 2.15.